The quantitative estimate of drug-likeness (QED) is 0.805. The molecule has 18 heavy (non-hydrogen) atoms. The van der Waals surface area contributed by atoms with E-state index in [4.69, 9.17) is 4.74 Å². The molecule has 0 radical (unpaired) electrons. The van der Waals surface area contributed by atoms with Crippen LogP contribution in [0, 0.1) is 0 Å². The summed E-state index contributed by atoms with van der Waals surface area (Å²) in [6.45, 7) is 3.51. The third kappa shape index (κ3) is 2.83. The number of ether oxygens (including phenoxy) is 1. The molecule has 1 saturated heterocycles. The highest BCUT2D eigenvalue weighted by atomic mass is 16.5. The molecule has 1 aromatic heterocycles. The summed E-state index contributed by atoms with van der Waals surface area (Å²) in [6, 6.07) is -0.302. The van der Waals surface area contributed by atoms with Gasteiger partial charge in [0.15, 0.2) is 0 Å². The Bertz CT molecular complexity index is 398. The van der Waals surface area contributed by atoms with Crippen molar-refractivity contribution in [3.8, 4) is 0 Å². The average Bonchev–Trinajstić information content (AvgIpc) is 2.51. The molecule has 2 atom stereocenters. The number of hydrogen-bond donors (Lipinski definition) is 1. The summed E-state index contributed by atoms with van der Waals surface area (Å²) in [5.41, 5.74) is 0.787. The Hall–Kier alpha value is -1.53. The van der Waals surface area contributed by atoms with E-state index in [2.05, 4.69) is 15.3 Å². The molecule has 1 aromatic rings. The van der Waals surface area contributed by atoms with Crippen LogP contribution in [-0.2, 0) is 16.1 Å². The molecule has 2 heterocycles. The maximum Gasteiger partial charge on any atom is 0.242 e. The predicted octanol–water partition coefficient (Wildman–Crippen LogP) is -0.188. The van der Waals surface area contributed by atoms with Crippen molar-refractivity contribution in [2.24, 2.45) is 0 Å². The van der Waals surface area contributed by atoms with Crippen molar-refractivity contribution < 1.29 is 9.53 Å². The van der Waals surface area contributed by atoms with Crippen molar-refractivity contribution in [3.63, 3.8) is 0 Å². The van der Waals surface area contributed by atoms with E-state index < -0.39 is 0 Å². The third-order valence-corrected chi connectivity index (χ3v) is 3.07. The number of carbonyl (C=O) groups excluding carboxylic acids is 1. The van der Waals surface area contributed by atoms with Gasteiger partial charge in [0.2, 0.25) is 5.91 Å². The molecule has 2 rings (SSSR count). The van der Waals surface area contributed by atoms with Gasteiger partial charge in [0.05, 0.1) is 31.1 Å². The standard InChI is InChI=1S/C12H18N4O2/c1-9-11(13-2)12(17)16(5-6-18-9)8-10-7-14-3-4-15-10/h3-4,7,9,11,13H,5-6,8H2,1-2H3. The van der Waals surface area contributed by atoms with Gasteiger partial charge in [-0.05, 0) is 14.0 Å². The zero-order valence-corrected chi connectivity index (χ0v) is 10.7. The van der Waals surface area contributed by atoms with Gasteiger partial charge in [-0.25, -0.2) is 0 Å². The fraction of sp³-hybridized carbons (Fsp3) is 0.583. The number of amides is 1. The van der Waals surface area contributed by atoms with Crippen LogP contribution in [0.1, 0.15) is 12.6 Å². The Morgan fingerprint density at radius 3 is 3.06 bits per heavy atom. The summed E-state index contributed by atoms with van der Waals surface area (Å²) in [6.07, 6.45) is 4.81. The van der Waals surface area contributed by atoms with Gasteiger partial charge < -0.3 is 15.0 Å². The molecule has 1 aliphatic rings. The minimum absolute atomic E-state index is 0.0492. The van der Waals surface area contributed by atoms with E-state index in [0.717, 1.165) is 5.69 Å². The zero-order valence-electron chi connectivity index (χ0n) is 10.7. The highest BCUT2D eigenvalue weighted by Crippen LogP contribution is 2.11. The normalized spacial score (nSPS) is 25.0. The van der Waals surface area contributed by atoms with Crippen molar-refractivity contribution in [1.82, 2.24) is 20.2 Å². The molecule has 0 spiro atoms. The van der Waals surface area contributed by atoms with E-state index >= 15 is 0 Å². The van der Waals surface area contributed by atoms with Gasteiger partial charge in [-0.3, -0.25) is 14.8 Å². The number of aromatic nitrogens is 2. The molecule has 1 N–H and O–H groups in total. The molecule has 0 aliphatic carbocycles. The van der Waals surface area contributed by atoms with Gasteiger partial charge >= 0.3 is 0 Å². The summed E-state index contributed by atoms with van der Waals surface area (Å²) < 4.78 is 5.58. The summed E-state index contributed by atoms with van der Waals surface area (Å²) in [5.74, 6) is 0.0492. The van der Waals surface area contributed by atoms with Crippen LogP contribution in [0.4, 0.5) is 0 Å². The minimum atomic E-state index is -0.302. The Balaban J connectivity index is 2.10. The van der Waals surface area contributed by atoms with E-state index in [9.17, 15) is 4.79 Å². The highest BCUT2D eigenvalue weighted by molar-refractivity contribution is 5.82. The summed E-state index contributed by atoms with van der Waals surface area (Å²) in [5, 5.41) is 3.01. The summed E-state index contributed by atoms with van der Waals surface area (Å²) >= 11 is 0. The van der Waals surface area contributed by atoms with E-state index in [1.807, 2.05) is 6.92 Å². The zero-order chi connectivity index (χ0) is 13.0. The largest absolute Gasteiger partial charge is 0.374 e. The first-order valence-corrected chi connectivity index (χ1v) is 6.05. The maximum absolute atomic E-state index is 12.3. The Labute approximate surface area is 106 Å². The minimum Gasteiger partial charge on any atom is -0.374 e. The van der Waals surface area contributed by atoms with Crippen LogP contribution in [0.5, 0.6) is 0 Å². The van der Waals surface area contributed by atoms with Crippen molar-refractivity contribution in [2.75, 3.05) is 20.2 Å². The van der Waals surface area contributed by atoms with Gasteiger partial charge in [-0.15, -0.1) is 0 Å². The smallest absolute Gasteiger partial charge is 0.242 e. The summed E-state index contributed by atoms with van der Waals surface area (Å²) in [7, 11) is 1.77. The maximum atomic E-state index is 12.3. The van der Waals surface area contributed by atoms with Crippen molar-refractivity contribution in [2.45, 2.75) is 25.6 Å². The van der Waals surface area contributed by atoms with Crippen LogP contribution in [0.15, 0.2) is 18.6 Å². The van der Waals surface area contributed by atoms with Gasteiger partial charge in [-0.1, -0.05) is 0 Å². The molecular weight excluding hydrogens is 232 g/mol. The Morgan fingerprint density at radius 1 is 1.56 bits per heavy atom. The van der Waals surface area contributed by atoms with Crippen molar-refractivity contribution >= 4 is 5.91 Å². The number of hydrogen-bond acceptors (Lipinski definition) is 5. The molecular formula is C12H18N4O2. The molecule has 6 nitrogen and oxygen atoms in total. The number of carbonyl (C=O) groups is 1. The number of nitrogens with one attached hydrogen (secondary N) is 1. The summed E-state index contributed by atoms with van der Waals surface area (Å²) in [4.78, 5) is 22.3. The first kappa shape index (κ1) is 12.9. The second kappa shape index (κ2) is 5.88. The second-order valence-corrected chi connectivity index (χ2v) is 4.30. The highest BCUT2D eigenvalue weighted by Gasteiger charge is 2.31. The van der Waals surface area contributed by atoms with E-state index in [-0.39, 0.29) is 18.1 Å². The molecule has 1 aliphatic heterocycles. The monoisotopic (exact) mass is 250 g/mol. The molecule has 1 fully saturated rings. The van der Waals surface area contributed by atoms with Crippen LogP contribution in [0.2, 0.25) is 0 Å². The SMILES string of the molecule is CNC1C(=O)N(Cc2cnccn2)CCOC1C. The van der Waals surface area contributed by atoms with Crippen molar-refractivity contribution in [1.29, 1.82) is 0 Å². The average molecular weight is 250 g/mol. The van der Waals surface area contributed by atoms with Gasteiger partial charge in [0, 0.05) is 18.9 Å². The van der Waals surface area contributed by atoms with Crippen molar-refractivity contribution in [3.05, 3.63) is 24.3 Å². The van der Waals surface area contributed by atoms with E-state index in [1.54, 1.807) is 30.5 Å². The van der Waals surface area contributed by atoms with Gasteiger partial charge in [-0.2, -0.15) is 0 Å². The lowest BCUT2D eigenvalue weighted by Gasteiger charge is -2.24. The lowest BCUT2D eigenvalue weighted by atomic mass is 10.1. The van der Waals surface area contributed by atoms with E-state index in [1.165, 1.54) is 0 Å². The van der Waals surface area contributed by atoms with E-state index in [0.29, 0.717) is 19.7 Å². The first-order valence-electron chi connectivity index (χ1n) is 6.05. The van der Waals surface area contributed by atoms with Gasteiger partial charge in [0.1, 0.15) is 6.04 Å². The van der Waals surface area contributed by atoms with Gasteiger partial charge in [0.25, 0.3) is 0 Å². The lowest BCUT2D eigenvalue weighted by Crippen LogP contribution is -2.48. The molecule has 98 valence electrons. The second-order valence-electron chi connectivity index (χ2n) is 4.30. The van der Waals surface area contributed by atoms with Crippen LogP contribution in [0.3, 0.4) is 0 Å². The number of rotatable bonds is 3. The lowest BCUT2D eigenvalue weighted by molar-refractivity contribution is -0.134. The Morgan fingerprint density at radius 2 is 2.39 bits per heavy atom. The molecule has 0 bridgehead atoms. The first-order chi connectivity index (χ1) is 8.72. The number of likely N-dealkylation sites (N-methyl/N-ethyl adjacent to an activating group) is 1. The fourth-order valence-electron chi connectivity index (χ4n) is 2.08. The number of nitrogens with zero attached hydrogens (tertiary/aromatic N) is 3. The Kier molecular flexibility index (Phi) is 4.22. The van der Waals surface area contributed by atoms with Crippen LogP contribution in [0.25, 0.3) is 0 Å². The van der Waals surface area contributed by atoms with Crippen LogP contribution in [-0.4, -0.2) is 53.1 Å². The molecule has 2 unspecified atom stereocenters. The fourth-order valence-corrected chi connectivity index (χ4v) is 2.08. The molecule has 1 amide bonds. The topological polar surface area (TPSA) is 67.4 Å². The van der Waals surface area contributed by atoms with Crippen LogP contribution < -0.4 is 5.32 Å². The molecule has 0 saturated carbocycles. The van der Waals surface area contributed by atoms with Crippen LogP contribution >= 0.6 is 0 Å². The molecule has 6 heteroatoms. The predicted molar refractivity (Wildman–Crippen MR) is 65.7 cm³/mol. The third-order valence-electron chi connectivity index (χ3n) is 3.07. The molecule has 0 aromatic carbocycles.